The van der Waals surface area contributed by atoms with E-state index in [2.05, 4.69) is 0 Å². The molecule has 1 aromatic heterocycles. The Balaban J connectivity index is 1.56. The Morgan fingerprint density at radius 3 is 2.83 bits per heavy atom. The van der Waals surface area contributed by atoms with Crippen molar-refractivity contribution in [2.45, 2.75) is 6.42 Å². The van der Waals surface area contributed by atoms with Crippen LogP contribution in [0.5, 0.6) is 5.75 Å². The summed E-state index contributed by atoms with van der Waals surface area (Å²) in [7, 11) is 1.61. The molecule has 0 saturated carbocycles. The Hall–Kier alpha value is -2.48. The summed E-state index contributed by atoms with van der Waals surface area (Å²) >= 11 is 1.56. The van der Waals surface area contributed by atoms with E-state index in [0.29, 0.717) is 17.9 Å². The number of rotatable bonds is 7. The number of carbonyl (C=O) groups excluding carboxylic acids is 1. The van der Waals surface area contributed by atoms with Crippen LogP contribution in [-0.4, -0.2) is 57.4 Å². The lowest BCUT2D eigenvalue weighted by Gasteiger charge is -2.25. The Labute approximate surface area is 174 Å². The number of quaternary nitrogens is 1. The standard InChI is InChI=1S/C22H25N3O3S/c1-27-18-7-4-6-17(16-18)21(26)25(11-5-10-24-12-14-28-15-13-24)22-23-19-8-2-3-9-20(19)29-22/h2-4,6-9,16H,5,10-15H2,1H3/p+1. The zero-order valence-corrected chi connectivity index (χ0v) is 17.4. The van der Waals surface area contributed by atoms with Gasteiger partial charge in [0.05, 0.1) is 37.1 Å². The van der Waals surface area contributed by atoms with E-state index >= 15 is 0 Å². The van der Waals surface area contributed by atoms with E-state index in [1.54, 1.807) is 24.5 Å². The fourth-order valence-corrected chi connectivity index (χ4v) is 4.56. The molecule has 0 aliphatic carbocycles. The van der Waals surface area contributed by atoms with Gasteiger partial charge in [-0.15, -0.1) is 0 Å². The van der Waals surface area contributed by atoms with Crippen molar-refractivity contribution in [3.63, 3.8) is 0 Å². The van der Waals surface area contributed by atoms with Gasteiger partial charge in [0.2, 0.25) is 0 Å². The number of ether oxygens (including phenoxy) is 2. The number of fused-ring (bicyclic) bond motifs is 1. The molecule has 0 radical (unpaired) electrons. The molecule has 6 nitrogen and oxygen atoms in total. The maximum absolute atomic E-state index is 13.4. The number of methoxy groups -OCH3 is 1. The van der Waals surface area contributed by atoms with Crippen molar-refractivity contribution in [2.75, 3.05) is 51.4 Å². The first-order valence-corrected chi connectivity index (χ1v) is 10.8. The minimum atomic E-state index is -0.0417. The average Bonchev–Trinajstić information content (AvgIpc) is 3.21. The number of para-hydroxylation sites is 1. The van der Waals surface area contributed by atoms with Gasteiger partial charge in [0.1, 0.15) is 18.8 Å². The van der Waals surface area contributed by atoms with Crippen molar-refractivity contribution in [2.24, 2.45) is 0 Å². The summed E-state index contributed by atoms with van der Waals surface area (Å²) in [4.78, 5) is 21.5. The highest BCUT2D eigenvalue weighted by Gasteiger charge is 2.23. The molecular formula is C22H26N3O3S+. The highest BCUT2D eigenvalue weighted by Crippen LogP contribution is 2.30. The van der Waals surface area contributed by atoms with Crippen LogP contribution >= 0.6 is 11.3 Å². The van der Waals surface area contributed by atoms with E-state index in [1.165, 1.54) is 4.90 Å². The number of hydrogen-bond acceptors (Lipinski definition) is 5. The Kier molecular flexibility index (Phi) is 6.39. The van der Waals surface area contributed by atoms with Crippen LogP contribution in [0.4, 0.5) is 5.13 Å². The van der Waals surface area contributed by atoms with Gasteiger partial charge in [-0.3, -0.25) is 9.69 Å². The minimum absolute atomic E-state index is 0.0417. The third kappa shape index (κ3) is 4.75. The number of anilines is 1. The second-order valence-corrected chi connectivity index (χ2v) is 8.13. The fourth-order valence-electron chi connectivity index (χ4n) is 3.57. The molecule has 2 heterocycles. The van der Waals surface area contributed by atoms with Crippen LogP contribution < -0.4 is 14.5 Å². The maximum atomic E-state index is 13.4. The maximum Gasteiger partial charge on any atom is 0.260 e. The fraction of sp³-hybridized carbons (Fsp3) is 0.364. The normalized spacial score (nSPS) is 14.8. The summed E-state index contributed by atoms with van der Waals surface area (Å²) in [6, 6.07) is 15.3. The predicted octanol–water partition coefficient (Wildman–Crippen LogP) is 2.26. The number of aromatic nitrogens is 1. The van der Waals surface area contributed by atoms with Crippen LogP contribution in [-0.2, 0) is 4.74 Å². The van der Waals surface area contributed by atoms with Crippen molar-refractivity contribution in [3.8, 4) is 5.75 Å². The van der Waals surface area contributed by atoms with Gasteiger partial charge in [-0.1, -0.05) is 29.5 Å². The third-order valence-corrected chi connectivity index (χ3v) is 6.25. The van der Waals surface area contributed by atoms with Crippen LogP contribution in [0.25, 0.3) is 10.2 Å². The molecule has 152 valence electrons. The highest BCUT2D eigenvalue weighted by molar-refractivity contribution is 7.22. The summed E-state index contributed by atoms with van der Waals surface area (Å²) in [6.45, 7) is 5.37. The summed E-state index contributed by atoms with van der Waals surface area (Å²) < 4.78 is 11.8. The molecule has 1 fully saturated rings. The molecule has 1 N–H and O–H groups in total. The van der Waals surface area contributed by atoms with Gasteiger partial charge < -0.3 is 14.4 Å². The summed E-state index contributed by atoms with van der Waals surface area (Å²) in [5.74, 6) is 0.637. The van der Waals surface area contributed by atoms with E-state index < -0.39 is 0 Å². The molecule has 7 heteroatoms. The Morgan fingerprint density at radius 2 is 2.03 bits per heavy atom. The predicted molar refractivity (Wildman–Crippen MR) is 115 cm³/mol. The zero-order valence-electron chi connectivity index (χ0n) is 16.6. The lowest BCUT2D eigenvalue weighted by molar-refractivity contribution is -0.908. The highest BCUT2D eigenvalue weighted by atomic mass is 32.1. The quantitative estimate of drug-likeness (QED) is 0.647. The molecule has 2 aromatic carbocycles. The number of thiazole rings is 1. The molecule has 1 aliphatic rings. The van der Waals surface area contributed by atoms with Crippen LogP contribution in [0.2, 0.25) is 0 Å². The molecule has 0 atom stereocenters. The van der Waals surface area contributed by atoms with E-state index in [9.17, 15) is 4.79 Å². The molecule has 0 bridgehead atoms. The van der Waals surface area contributed by atoms with E-state index in [0.717, 1.165) is 54.6 Å². The zero-order chi connectivity index (χ0) is 20.1. The van der Waals surface area contributed by atoms with Gasteiger partial charge >= 0.3 is 0 Å². The number of morpholine rings is 1. The Morgan fingerprint density at radius 1 is 1.21 bits per heavy atom. The van der Waals surface area contributed by atoms with Crippen molar-refractivity contribution >= 4 is 32.6 Å². The number of nitrogens with zero attached hydrogens (tertiary/aromatic N) is 2. The molecule has 0 spiro atoms. The minimum Gasteiger partial charge on any atom is -0.497 e. The van der Waals surface area contributed by atoms with E-state index in [-0.39, 0.29) is 5.91 Å². The summed E-state index contributed by atoms with van der Waals surface area (Å²) in [5, 5.41) is 0.746. The number of amides is 1. The molecular weight excluding hydrogens is 386 g/mol. The number of nitrogens with one attached hydrogen (secondary N) is 1. The molecule has 0 unspecified atom stereocenters. The van der Waals surface area contributed by atoms with Crippen LogP contribution in [0.15, 0.2) is 48.5 Å². The van der Waals surface area contributed by atoms with Gasteiger partial charge in [-0.05, 0) is 30.3 Å². The third-order valence-electron chi connectivity index (χ3n) is 5.19. The lowest BCUT2D eigenvalue weighted by atomic mass is 10.2. The number of hydrogen-bond donors (Lipinski definition) is 1. The molecule has 4 rings (SSSR count). The lowest BCUT2D eigenvalue weighted by Crippen LogP contribution is -3.14. The van der Waals surface area contributed by atoms with Crippen molar-refractivity contribution in [3.05, 3.63) is 54.1 Å². The van der Waals surface area contributed by atoms with E-state index in [4.69, 9.17) is 14.5 Å². The van der Waals surface area contributed by atoms with Gasteiger partial charge in [0.25, 0.3) is 5.91 Å². The first-order valence-electron chi connectivity index (χ1n) is 9.97. The monoisotopic (exact) mass is 412 g/mol. The van der Waals surface area contributed by atoms with E-state index in [1.807, 2.05) is 47.4 Å². The molecule has 1 amide bonds. The Bertz CT molecular complexity index is 936. The van der Waals surface area contributed by atoms with Crippen LogP contribution in [0, 0.1) is 0 Å². The van der Waals surface area contributed by atoms with Gasteiger partial charge in [0.15, 0.2) is 5.13 Å². The van der Waals surface area contributed by atoms with Gasteiger partial charge in [-0.25, -0.2) is 4.98 Å². The first kappa shape index (κ1) is 19.8. The van der Waals surface area contributed by atoms with Crippen molar-refractivity contribution in [1.82, 2.24) is 4.98 Å². The van der Waals surface area contributed by atoms with Gasteiger partial charge in [0, 0.05) is 18.5 Å². The smallest absolute Gasteiger partial charge is 0.260 e. The van der Waals surface area contributed by atoms with Crippen LogP contribution in [0.3, 0.4) is 0 Å². The summed E-state index contributed by atoms with van der Waals surface area (Å²) in [6.07, 6.45) is 0.918. The molecule has 1 saturated heterocycles. The summed E-state index contributed by atoms with van der Waals surface area (Å²) in [5.41, 5.74) is 1.54. The largest absolute Gasteiger partial charge is 0.497 e. The topological polar surface area (TPSA) is 56.1 Å². The van der Waals surface area contributed by atoms with Crippen molar-refractivity contribution < 1.29 is 19.2 Å². The second-order valence-electron chi connectivity index (χ2n) is 7.12. The number of carbonyl (C=O) groups is 1. The van der Waals surface area contributed by atoms with Crippen molar-refractivity contribution in [1.29, 1.82) is 0 Å². The van der Waals surface area contributed by atoms with Gasteiger partial charge in [-0.2, -0.15) is 0 Å². The average molecular weight is 413 g/mol. The first-order chi connectivity index (χ1) is 14.2. The molecule has 1 aliphatic heterocycles. The number of benzene rings is 2. The second kappa shape index (κ2) is 9.35. The molecule has 3 aromatic rings. The SMILES string of the molecule is COc1cccc(C(=O)N(CCC[NH+]2CCOCC2)c2nc3ccccc3s2)c1. The van der Waals surface area contributed by atoms with Crippen LogP contribution in [0.1, 0.15) is 16.8 Å². The molecule has 29 heavy (non-hydrogen) atoms.